The largest absolute Gasteiger partial charge is 0.489 e. The highest BCUT2D eigenvalue weighted by atomic mass is 16.5. The summed E-state index contributed by atoms with van der Waals surface area (Å²) in [7, 11) is 0. The Kier molecular flexibility index (Phi) is 5.61. The number of aromatic nitrogens is 4. The van der Waals surface area contributed by atoms with Crippen LogP contribution in [0.1, 0.15) is 30.0 Å². The van der Waals surface area contributed by atoms with Gasteiger partial charge in [-0.25, -0.2) is 4.68 Å². The molecule has 0 unspecified atom stereocenters. The average molecular weight is 337 g/mol. The van der Waals surface area contributed by atoms with Gasteiger partial charge in [0.25, 0.3) is 0 Å². The Morgan fingerprint density at radius 2 is 1.72 bits per heavy atom. The van der Waals surface area contributed by atoms with Gasteiger partial charge in [-0.15, -0.1) is 0 Å². The number of rotatable bonds is 8. The van der Waals surface area contributed by atoms with Gasteiger partial charge in [-0.3, -0.25) is 0 Å². The van der Waals surface area contributed by atoms with E-state index in [2.05, 4.69) is 59.0 Å². The Hall–Kier alpha value is -2.89. The second-order valence-electron chi connectivity index (χ2n) is 6.00. The lowest BCUT2D eigenvalue weighted by molar-refractivity contribution is 0.306. The molecule has 0 spiro atoms. The van der Waals surface area contributed by atoms with Crippen LogP contribution >= 0.6 is 0 Å². The molecule has 1 heterocycles. The predicted octanol–water partition coefficient (Wildman–Crippen LogP) is 3.58. The second-order valence-corrected chi connectivity index (χ2v) is 6.00. The molecule has 0 radical (unpaired) electrons. The van der Waals surface area contributed by atoms with Crippen molar-refractivity contribution in [3.05, 3.63) is 65.2 Å². The molecule has 1 aromatic heterocycles. The van der Waals surface area contributed by atoms with Gasteiger partial charge in [0.2, 0.25) is 5.95 Å². The van der Waals surface area contributed by atoms with E-state index >= 15 is 0 Å². The van der Waals surface area contributed by atoms with Crippen LogP contribution < -0.4 is 10.1 Å². The molecule has 6 heteroatoms. The van der Waals surface area contributed by atoms with Crippen LogP contribution in [0.4, 0.5) is 5.95 Å². The Morgan fingerprint density at radius 3 is 2.44 bits per heavy atom. The summed E-state index contributed by atoms with van der Waals surface area (Å²) >= 11 is 0. The first-order chi connectivity index (χ1) is 12.2. The molecule has 25 heavy (non-hydrogen) atoms. The maximum atomic E-state index is 5.83. The van der Waals surface area contributed by atoms with Gasteiger partial charge in [0.05, 0.1) is 0 Å². The molecule has 0 aliphatic heterocycles. The van der Waals surface area contributed by atoms with Crippen LogP contribution in [0.15, 0.2) is 48.5 Å². The molecule has 0 fully saturated rings. The van der Waals surface area contributed by atoms with Crippen LogP contribution in [-0.2, 0) is 19.7 Å². The highest BCUT2D eigenvalue weighted by Crippen LogP contribution is 2.15. The number of nitrogens with zero attached hydrogens (tertiary/aromatic N) is 4. The minimum absolute atomic E-state index is 0.573. The molecule has 0 bridgehead atoms. The fourth-order valence-electron chi connectivity index (χ4n) is 2.43. The Bertz CT molecular complexity index is 780. The van der Waals surface area contributed by atoms with Crippen LogP contribution in [0.5, 0.6) is 5.75 Å². The zero-order valence-electron chi connectivity index (χ0n) is 14.6. The average Bonchev–Trinajstić information content (AvgIpc) is 3.08. The fraction of sp³-hybridized carbons (Fsp3) is 0.316. The molecule has 1 N–H and O–H groups in total. The standard InChI is InChI=1S/C19H23N5O/c1-3-12-24-19(21-22-23-24)20-13-16-8-10-18(11-9-16)25-14-17-6-4-15(2)5-7-17/h4-11H,3,12-14H2,1-2H3,(H,20,21,23). The third-order valence-electron chi connectivity index (χ3n) is 3.87. The van der Waals surface area contributed by atoms with E-state index in [0.29, 0.717) is 19.1 Å². The van der Waals surface area contributed by atoms with Gasteiger partial charge < -0.3 is 10.1 Å². The lowest BCUT2D eigenvalue weighted by atomic mass is 10.2. The number of benzene rings is 2. The van der Waals surface area contributed by atoms with Crippen molar-refractivity contribution in [1.82, 2.24) is 20.2 Å². The van der Waals surface area contributed by atoms with Gasteiger partial charge in [0, 0.05) is 13.1 Å². The van der Waals surface area contributed by atoms with E-state index in [0.717, 1.165) is 24.3 Å². The Balaban J connectivity index is 1.51. The number of aryl methyl sites for hydroxylation is 2. The predicted molar refractivity (Wildman–Crippen MR) is 97.4 cm³/mol. The van der Waals surface area contributed by atoms with E-state index < -0.39 is 0 Å². The van der Waals surface area contributed by atoms with Crippen LogP contribution in [-0.4, -0.2) is 20.2 Å². The molecule has 0 aliphatic rings. The summed E-state index contributed by atoms with van der Waals surface area (Å²) in [6.45, 7) is 6.23. The van der Waals surface area contributed by atoms with Gasteiger partial charge >= 0.3 is 0 Å². The van der Waals surface area contributed by atoms with E-state index in [4.69, 9.17) is 4.74 Å². The summed E-state index contributed by atoms with van der Waals surface area (Å²) in [6.07, 6.45) is 0.993. The minimum Gasteiger partial charge on any atom is -0.489 e. The van der Waals surface area contributed by atoms with Gasteiger partial charge in [-0.05, 0) is 47.0 Å². The van der Waals surface area contributed by atoms with Crippen molar-refractivity contribution in [3.8, 4) is 5.75 Å². The van der Waals surface area contributed by atoms with Crippen molar-refractivity contribution in [2.75, 3.05) is 5.32 Å². The molecule has 0 atom stereocenters. The summed E-state index contributed by atoms with van der Waals surface area (Å²) in [6, 6.07) is 16.4. The quantitative estimate of drug-likeness (QED) is 0.680. The highest BCUT2D eigenvalue weighted by molar-refractivity contribution is 5.31. The third kappa shape index (κ3) is 4.79. The van der Waals surface area contributed by atoms with Gasteiger partial charge in [0.15, 0.2) is 0 Å². The molecule has 0 aliphatic carbocycles. The first-order valence-electron chi connectivity index (χ1n) is 8.52. The zero-order chi connectivity index (χ0) is 17.5. The maximum absolute atomic E-state index is 5.83. The van der Waals surface area contributed by atoms with E-state index in [-0.39, 0.29) is 0 Å². The van der Waals surface area contributed by atoms with Gasteiger partial charge in [-0.2, -0.15) is 0 Å². The van der Waals surface area contributed by atoms with E-state index in [1.807, 2.05) is 24.3 Å². The summed E-state index contributed by atoms with van der Waals surface area (Å²) < 4.78 is 7.61. The molecule has 3 aromatic rings. The van der Waals surface area contributed by atoms with Crippen molar-refractivity contribution < 1.29 is 4.74 Å². The van der Waals surface area contributed by atoms with Crippen LogP contribution in [0.2, 0.25) is 0 Å². The van der Waals surface area contributed by atoms with Crippen LogP contribution in [0.3, 0.4) is 0 Å². The fourth-order valence-corrected chi connectivity index (χ4v) is 2.43. The summed E-state index contributed by atoms with van der Waals surface area (Å²) in [4.78, 5) is 0. The second kappa shape index (κ2) is 8.28. The molecule has 6 nitrogen and oxygen atoms in total. The van der Waals surface area contributed by atoms with Crippen molar-refractivity contribution >= 4 is 5.95 Å². The van der Waals surface area contributed by atoms with E-state index in [1.54, 1.807) is 4.68 Å². The molecular weight excluding hydrogens is 314 g/mol. The topological polar surface area (TPSA) is 64.9 Å². The Morgan fingerprint density at radius 1 is 1.00 bits per heavy atom. The molecule has 0 saturated heterocycles. The SMILES string of the molecule is CCCn1nnnc1NCc1ccc(OCc2ccc(C)cc2)cc1. The van der Waals surface area contributed by atoms with Crippen molar-refractivity contribution in [3.63, 3.8) is 0 Å². The van der Waals surface area contributed by atoms with E-state index in [1.165, 1.54) is 11.1 Å². The van der Waals surface area contributed by atoms with Crippen LogP contribution in [0, 0.1) is 6.92 Å². The lowest BCUT2D eigenvalue weighted by Crippen LogP contribution is -2.08. The first kappa shape index (κ1) is 17.0. The lowest BCUT2D eigenvalue weighted by Gasteiger charge is -2.09. The third-order valence-corrected chi connectivity index (χ3v) is 3.87. The molecule has 0 amide bonds. The van der Waals surface area contributed by atoms with Gasteiger partial charge in [0.1, 0.15) is 12.4 Å². The zero-order valence-corrected chi connectivity index (χ0v) is 14.6. The van der Waals surface area contributed by atoms with Crippen molar-refractivity contribution in [2.45, 2.75) is 40.0 Å². The maximum Gasteiger partial charge on any atom is 0.243 e. The molecule has 2 aromatic carbocycles. The normalized spacial score (nSPS) is 10.6. The number of anilines is 1. The first-order valence-corrected chi connectivity index (χ1v) is 8.52. The van der Waals surface area contributed by atoms with Gasteiger partial charge in [-0.1, -0.05) is 54.0 Å². The number of hydrogen-bond donors (Lipinski definition) is 1. The Labute approximate surface area is 147 Å². The van der Waals surface area contributed by atoms with Crippen molar-refractivity contribution in [1.29, 1.82) is 0 Å². The van der Waals surface area contributed by atoms with Crippen molar-refractivity contribution in [2.24, 2.45) is 0 Å². The number of hydrogen-bond acceptors (Lipinski definition) is 5. The summed E-state index contributed by atoms with van der Waals surface area (Å²) in [5.41, 5.74) is 3.57. The molecular formula is C19H23N5O. The smallest absolute Gasteiger partial charge is 0.243 e. The number of tetrazole rings is 1. The minimum atomic E-state index is 0.573. The molecule has 0 saturated carbocycles. The molecule has 130 valence electrons. The summed E-state index contributed by atoms with van der Waals surface area (Å²) in [5.74, 6) is 1.56. The number of ether oxygens (including phenoxy) is 1. The number of nitrogens with one attached hydrogen (secondary N) is 1. The van der Waals surface area contributed by atoms with Crippen LogP contribution in [0.25, 0.3) is 0 Å². The van der Waals surface area contributed by atoms with E-state index in [9.17, 15) is 0 Å². The molecule has 3 rings (SSSR count). The monoisotopic (exact) mass is 337 g/mol. The highest BCUT2D eigenvalue weighted by Gasteiger charge is 2.04. The summed E-state index contributed by atoms with van der Waals surface area (Å²) in [5, 5.41) is 14.9.